The number of aromatic nitrogens is 3. The van der Waals surface area contributed by atoms with Crippen molar-refractivity contribution >= 4 is 11.8 Å². The Hall–Kier alpha value is -2.37. The summed E-state index contributed by atoms with van der Waals surface area (Å²) in [5, 5.41) is 9.91. The van der Waals surface area contributed by atoms with Gasteiger partial charge in [0.05, 0.1) is 12.2 Å². The quantitative estimate of drug-likeness (QED) is 0.887. The van der Waals surface area contributed by atoms with Crippen LogP contribution >= 0.6 is 0 Å². The largest absolute Gasteiger partial charge is 0.335 e. The summed E-state index contributed by atoms with van der Waals surface area (Å²) in [5.41, 5.74) is 0.921. The van der Waals surface area contributed by atoms with E-state index in [1.807, 2.05) is 31.3 Å². The Bertz CT molecular complexity index is 579. The Balaban J connectivity index is 1.90. The summed E-state index contributed by atoms with van der Waals surface area (Å²) in [7, 11) is 0. The Labute approximate surface area is 124 Å². The third-order valence-electron chi connectivity index (χ3n) is 3.29. The van der Waals surface area contributed by atoms with Gasteiger partial charge in [-0.2, -0.15) is 5.10 Å². The molecule has 0 aliphatic carbocycles. The molecule has 0 spiro atoms. The van der Waals surface area contributed by atoms with Crippen LogP contribution in [-0.2, 0) is 6.54 Å². The van der Waals surface area contributed by atoms with Crippen LogP contribution < -0.4 is 10.6 Å². The molecule has 2 heterocycles. The summed E-state index contributed by atoms with van der Waals surface area (Å²) in [6.07, 6.45) is 3.56. The summed E-state index contributed by atoms with van der Waals surface area (Å²) >= 11 is 0. The van der Waals surface area contributed by atoms with Crippen molar-refractivity contribution < 1.29 is 4.79 Å². The number of hydrogen-bond donors (Lipinski definition) is 2. The molecular weight excluding hydrogens is 266 g/mol. The minimum atomic E-state index is -0.237. The molecule has 0 bridgehead atoms. The van der Waals surface area contributed by atoms with Gasteiger partial charge in [-0.15, -0.1) is 0 Å². The standard InChI is InChI=1S/C15H21N5O/c1-11(2)12(3)17-15(21)18-14-7-9-20(19-14)10-13-6-4-5-8-16-13/h4-9,11-12H,10H2,1-3H3,(H2,17,18,19,21). The first-order valence-corrected chi connectivity index (χ1v) is 7.05. The molecule has 0 aliphatic rings. The molecule has 112 valence electrons. The molecule has 0 fully saturated rings. The predicted octanol–water partition coefficient (Wildman–Crippen LogP) is 2.49. The highest BCUT2D eigenvalue weighted by Crippen LogP contribution is 2.06. The maximum atomic E-state index is 11.8. The van der Waals surface area contributed by atoms with Crippen LogP contribution in [0.15, 0.2) is 36.7 Å². The van der Waals surface area contributed by atoms with Gasteiger partial charge < -0.3 is 5.32 Å². The van der Waals surface area contributed by atoms with Crippen molar-refractivity contribution in [3.8, 4) is 0 Å². The summed E-state index contributed by atoms with van der Waals surface area (Å²) in [6, 6.07) is 7.39. The van der Waals surface area contributed by atoms with Gasteiger partial charge in [-0.25, -0.2) is 4.79 Å². The lowest BCUT2D eigenvalue weighted by atomic mass is 10.1. The van der Waals surface area contributed by atoms with Gasteiger partial charge >= 0.3 is 6.03 Å². The molecule has 2 aromatic rings. The number of nitrogens with one attached hydrogen (secondary N) is 2. The molecule has 0 saturated heterocycles. The molecule has 21 heavy (non-hydrogen) atoms. The van der Waals surface area contributed by atoms with Crippen molar-refractivity contribution in [3.05, 3.63) is 42.4 Å². The van der Waals surface area contributed by atoms with E-state index in [-0.39, 0.29) is 12.1 Å². The van der Waals surface area contributed by atoms with Crippen LogP contribution in [0.5, 0.6) is 0 Å². The summed E-state index contributed by atoms with van der Waals surface area (Å²) in [5.74, 6) is 0.914. The molecule has 2 N–H and O–H groups in total. The molecule has 0 radical (unpaired) electrons. The third kappa shape index (κ3) is 4.59. The van der Waals surface area contributed by atoms with E-state index < -0.39 is 0 Å². The van der Waals surface area contributed by atoms with Crippen LogP contribution in [0.25, 0.3) is 0 Å². The molecule has 0 aromatic carbocycles. The number of pyridine rings is 1. The summed E-state index contributed by atoms with van der Waals surface area (Å²) < 4.78 is 1.74. The van der Waals surface area contributed by atoms with Crippen molar-refractivity contribution in [1.82, 2.24) is 20.1 Å². The first-order valence-electron chi connectivity index (χ1n) is 7.05. The molecule has 6 nitrogen and oxygen atoms in total. The van der Waals surface area contributed by atoms with E-state index in [0.29, 0.717) is 18.3 Å². The summed E-state index contributed by atoms with van der Waals surface area (Å²) in [6.45, 7) is 6.68. The second kappa shape index (κ2) is 6.88. The van der Waals surface area contributed by atoms with Gasteiger partial charge in [0.1, 0.15) is 0 Å². The number of carbonyl (C=O) groups excluding carboxylic acids is 1. The fourth-order valence-corrected chi connectivity index (χ4v) is 1.70. The fraction of sp³-hybridized carbons (Fsp3) is 0.400. The van der Waals surface area contributed by atoms with Gasteiger partial charge in [0.2, 0.25) is 0 Å². The molecule has 1 atom stereocenters. The highest BCUT2D eigenvalue weighted by atomic mass is 16.2. The second-order valence-corrected chi connectivity index (χ2v) is 5.35. The zero-order chi connectivity index (χ0) is 15.2. The molecule has 0 aliphatic heterocycles. The SMILES string of the molecule is CC(C)C(C)NC(=O)Nc1ccn(Cc2ccccn2)n1. The highest BCUT2D eigenvalue weighted by molar-refractivity contribution is 5.88. The van der Waals surface area contributed by atoms with E-state index in [9.17, 15) is 4.79 Å². The first kappa shape index (κ1) is 15.0. The molecular formula is C15H21N5O. The first-order chi connectivity index (χ1) is 10.0. The van der Waals surface area contributed by atoms with E-state index in [1.54, 1.807) is 16.9 Å². The number of anilines is 1. The minimum Gasteiger partial charge on any atom is -0.335 e. The lowest BCUT2D eigenvalue weighted by Crippen LogP contribution is -2.39. The lowest BCUT2D eigenvalue weighted by Gasteiger charge is -2.17. The summed E-state index contributed by atoms with van der Waals surface area (Å²) in [4.78, 5) is 16.1. The molecule has 1 unspecified atom stereocenters. The molecule has 2 amide bonds. The molecule has 0 saturated carbocycles. The number of nitrogens with zero attached hydrogens (tertiary/aromatic N) is 3. The second-order valence-electron chi connectivity index (χ2n) is 5.35. The van der Waals surface area contributed by atoms with Crippen LogP contribution in [0.3, 0.4) is 0 Å². The van der Waals surface area contributed by atoms with Gasteiger partial charge in [-0.05, 0) is 25.0 Å². The smallest absolute Gasteiger partial charge is 0.320 e. The van der Waals surface area contributed by atoms with Crippen molar-refractivity contribution in [2.24, 2.45) is 5.92 Å². The Morgan fingerprint density at radius 1 is 1.29 bits per heavy atom. The zero-order valence-electron chi connectivity index (χ0n) is 12.6. The van der Waals surface area contributed by atoms with Crippen LogP contribution in [0.4, 0.5) is 10.6 Å². The van der Waals surface area contributed by atoms with E-state index in [1.165, 1.54) is 0 Å². The Kier molecular flexibility index (Phi) is 4.92. The van der Waals surface area contributed by atoms with Gasteiger partial charge in [0, 0.05) is 24.5 Å². The Morgan fingerprint density at radius 2 is 2.10 bits per heavy atom. The van der Waals surface area contributed by atoms with Gasteiger partial charge in [0.15, 0.2) is 5.82 Å². The van der Waals surface area contributed by atoms with Crippen LogP contribution in [0.2, 0.25) is 0 Å². The van der Waals surface area contributed by atoms with Crippen molar-refractivity contribution in [2.45, 2.75) is 33.4 Å². The monoisotopic (exact) mass is 287 g/mol. The van der Waals surface area contributed by atoms with Crippen molar-refractivity contribution in [1.29, 1.82) is 0 Å². The predicted molar refractivity (Wildman–Crippen MR) is 82.0 cm³/mol. The van der Waals surface area contributed by atoms with E-state index in [0.717, 1.165) is 5.69 Å². The maximum absolute atomic E-state index is 11.8. The van der Waals surface area contributed by atoms with Crippen LogP contribution in [-0.4, -0.2) is 26.8 Å². The fourth-order valence-electron chi connectivity index (χ4n) is 1.70. The van der Waals surface area contributed by atoms with Gasteiger partial charge in [-0.1, -0.05) is 19.9 Å². The van der Waals surface area contributed by atoms with Crippen molar-refractivity contribution in [2.75, 3.05) is 5.32 Å². The third-order valence-corrected chi connectivity index (χ3v) is 3.29. The topological polar surface area (TPSA) is 71.8 Å². The highest BCUT2D eigenvalue weighted by Gasteiger charge is 2.11. The number of amides is 2. The normalized spacial score (nSPS) is 12.2. The number of rotatable bonds is 5. The maximum Gasteiger partial charge on any atom is 0.320 e. The minimum absolute atomic E-state index is 0.112. The number of carbonyl (C=O) groups is 1. The molecule has 2 rings (SSSR count). The van der Waals surface area contributed by atoms with E-state index in [4.69, 9.17) is 0 Å². The molecule has 6 heteroatoms. The van der Waals surface area contributed by atoms with Crippen molar-refractivity contribution in [3.63, 3.8) is 0 Å². The van der Waals surface area contributed by atoms with Crippen LogP contribution in [0, 0.1) is 5.92 Å². The van der Waals surface area contributed by atoms with Crippen LogP contribution in [0.1, 0.15) is 26.5 Å². The average molecular weight is 287 g/mol. The molecule has 2 aromatic heterocycles. The van der Waals surface area contributed by atoms with Gasteiger partial charge in [0.25, 0.3) is 0 Å². The lowest BCUT2D eigenvalue weighted by molar-refractivity contribution is 0.246. The number of hydrogen-bond acceptors (Lipinski definition) is 3. The Morgan fingerprint density at radius 3 is 2.76 bits per heavy atom. The van der Waals surface area contributed by atoms with E-state index in [2.05, 4.69) is 34.6 Å². The van der Waals surface area contributed by atoms with E-state index >= 15 is 0 Å². The zero-order valence-corrected chi connectivity index (χ0v) is 12.6. The number of urea groups is 1. The van der Waals surface area contributed by atoms with Gasteiger partial charge in [-0.3, -0.25) is 15.0 Å². The average Bonchev–Trinajstić information content (AvgIpc) is 2.86.